The van der Waals surface area contributed by atoms with Gasteiger partial charge in [0.25, 0.3) is 5.72 Å². The Balaban J connectivity index is 1.77. The Morgan fingerprint density at radius 3 is 2.39 bits per heavy atom. The maximum atomic E-state index is 13.6. The predicted octanol–water partition coefficient (Wildman–Crippen LogP) is 4.21. The van der Waals surface area contributed by atoms with E-state index in [1.165, 1.54) is 0 Å². The summed E-state index contributed by atoms with van der Waals surface area (Å²) in [5.41, 5.74) is -0.894. The molecule has 1 aliphatic heterocycles. The summed E-state index contributed by atoms with van der Waals surface area (Å²) in [6.07, 6.45) is -5.03. The van der Waals surface area contributed by atoms with Crippen LogP contribution in [0.3, 0.4) is 0 Å². The fourth-order valence-corrected chi connectivity index (χ4v) is 3.13. The van der Waals surface area contributed by atoms with Crippen LogP contribution in [0.4, 0.5) is 13.2 Å². The molecule has 0 aromatic heterocycles. The Bertz CT molecular complexity index is 863. The van der Waals surface area contributed by atoms with E-state index in [0.29, 0.717) is 18.4 Å². The number of alkyl halides is 3. The van der Waals surface area contributed by atoms with Crippen molar-refractivity contribution in [2.24, 2.45) is 5.10 Å². The Kier molecular flexibility index (Phi) is 5.56. The fraction of sp³-hybridized carbons (Fsp3) is 0.333. The van der Waals surface area contributed by atoms with E-state index in [-0.39, 0.29) is 17.1 Å². The molecule has 4 nitrogen and oxygen atoms in total. The Morgan fingerprint density at radius 1 is 1.14 bits per heavy atom. The van der Waals surface area contributed by atoms with Crippen LogP contribution < -0.4 is 0 Å². The SMILES string of the molecule is Cc1ccc(C2=NN(C(=O)CCCc3ccccc3)[C@](O)(C(F)(F)F)C2)cc1. The summed E-state index contributed by atoms with van der Waals surface area (Å²) in [5, 5.41) is 14.4. The van der Waals surface area contributed by atoms with Gasteiger partial charge in [0.15, 0.2) is 0 Å². The Morgan fingerprint density at radius 2 is 1.79 bits per heavy atom. The second-order valence-electron chi connectivity index (χ2n) is 6.95. The first-order valence-corrected chi connectivity index (χ1v) is 9.01. The molecule has 28 heavy (non-hydrogen) atoms. The maximum Gasteiger partial charge on any atom is 0.438 e. The average Bonchev–Trinajstić information content (AvgIpc) is 3.02. The molecule has 0 saturated carbocycles. The zero-order chi connectivity index (χ0) is 20.4. The second-order valence-corrected chi connectivity index (χ2v) is 6.95. The highest BCUT2D eigenvalue weighted by Crippen LogP contribution is 2.41. The van der Waals surface area contributed by atoms with Crippen molar-refractivity contribution in [3.8, 4) is 0 Å². The molecule has 2 aromatic carbocycles. The van der Waals surface area contributed by atoms with Gasteiger partial charge >= 0.3 is 6.18 Å². The van der Waals surface area contributed by atoms with E-state index < -0.39 is 24.2 Å². The van der Waals surface area contributed by atoms with Crippen LogP contribution in [-0.2, 0) is 11.2 Å². The molecule has 0 aliphatic carbocycles. The summed E-state index contributed by atoms with van der Waals surface area (Å²) in [6.45, 7) is 1.86. The van der Waals surface area contributed by atoms with Gasteiger partial charge in [-0.1, -0.05) is 60.2 Å². The van der Waals surface area contributed by atoms with Crippen molar-refractivity contribution in [1.29, 1.82) is 0 Å². The molecule has 1 N–H and O–H groups in total. The summed E-state index contributed by atoms with van der Waals surface area (Å²) < 4.78 is 40.7. The minimum Gasteiger partial charge on any atom is -0.362 e. The molecular formula is C21H21F3N2O2. The highest BCUT2D eigenvalue weighted by molar-refractivity contribution is 6.03. The molecule has 0 bridgehead atoms. The third kappa shape index (κ3) is 4.09. The number of rotatable bonds is 5. The highest BCUT2D eigenvalue weighted by atomic mass is 19.4. The first-order chi connectivity index (χ1) is 13.2. The Hall–Kier alpha value is -2.67. The van der Waals surface area contributed by atoms with Crippen LogP contribution in [-0.4, -0.2) is 33.6 Å². The molecule has 1 atom stereocenters. The minimum absolute atomic E-state index is 0.0382. The van der Waals surface area contributed by atoms with Crippen LogP contribution in [0.2, 0.25) is 0 Å². The smallest absolute Gasteiger partial charge is 0.362 e. The third-order valence-corrected chi connectivity index (χ3v) is 4.76. The van der Waals surface area contributed by atoms with Crippen molar-refractivity contribution in [3.63, 3.8) is 0 Å². The zero-order valence-corrected chi connectivity index (χ0v) is 15.4. The van der Waals surface area contributed by atoms with Crippen LogP contribution in [0.25, 0.3) is 0 Å². The lowest BCUT2D eigenvalue weighted by molar-refractivity contribution is -0.302. The van der Waals surface area contributed by atoms with E-state index in [0.717, 1.165) is 11.1 Å². The van der Waals surface area contributed by atoms with Crippen LogP contribution in [0.15, 0.2) is 59.7 Å². The van der Waals surface area contributed by atoms with Gasteiger partial charge in [-0.25, -0.2) is 0 Å². The molecular weight excluding hydrogens is 369 g/mol. The summed E-state index contributed by atoms with van der Waals surface area (Å²) >= 11 is 0. The van der Waals surface area contributed by atoms with Crippen molar-refractivity contribution in [2.45, 2.75) is 44.5 Å². The lowest BCUT2D eigenvalue weighted by atomic mass is 10.00. The molecule has 7 heteroatoms. The van der Waals surface area contributed by atoms with Crippen LogP contribution in [0.5, 0.6) is 0 Å². The monoisotopic (exact) mass is 390 g/mol. The molecule has 0 radical (unpaired) electrons. The summed E-state index contributed by atoms with van der Waals surface area (Å²) in [4.78, 5) is 12.5. The van der Waals surface area contributed by atoms with E-state index >= 15 is 0 Å². The van der Waals surface area contributed by atoms with Crippen molar-refractivity contribution in [2.75, 3.05) is 0 Å². The normalized spacial score (nSPS) is 19.6. The van der Waals surface area contributed by atoms with Crippen molar-refractivity contribution in [3.05, 3.63) is 71.3 Å². The van der Waals surface area contributed by atoms with Gasteiger partial charge in [-0.05, 0) is 30.9 Å². The topological polar surface area (TPSA) is 52.9 Å². The van der Waals surface area contributed by atoms with Gasteiger partial charge in [-0.3, -0.25) is 4.79 Å². The number of aliphatic hydroxyl groups is 1. The minimum atomic E-state index is -5.02. The summed E-state index contributed by atoms with van der Waals surface area (Å²) in [7, 11) is 0. The van der Waals surface area contributed by atoms with E-state index in [2.05, 4.69) is 5.10 Å². The second kappa shape index (κ2) is 7.75. The number of hydrazone groups is 1. The molecule has 3 rings (SSSR count). The first kappa shape index (κ1) is 20.1. The van der Waals surface area contributed by atoms with E-state index in [1.807, 2.05) is 37.3 Å². The van der Waals surface area contributed by atoms with Crippen molar-refractivity contribution in [1.82, 2.24) is 5.01 Å². The first-order valence-electron chi connectivity index (χ1n) is 9.01. The standard InChI is InChI=1S/C21H21F3N2O2/c1-15-10-12-17(13-11-15)18-14-20(28,21(22,23)24)26(25-18)19(27)9-5-8-16-6-3-2-4-7-16/h2-4,6-7,10-13,28H,5,8-9,14H2,1H3/t20-/m1/s1. The van der Waals surface area contributed by atoms with Gasteiger partial charge in [0, 0.05) is 6.42 Å². The van der Waals surface area contributed by atoms with Crippen LogP contribution in [0, 0.1) is 6.92 Å². The molecule has 1 aliphatic rings. The van der Waals surface area contributed by atoms with Gasteiger partial charge in [0.05, 0.1) is 12.1 Å². The Labute approximate surface area is 161 Å². The third-order valence-electron chi connectivity index (χ3n) is 4.76. The zero-order valence-electron chi connectivity index (χ0n) is 15.4. The molecule has 0 spiro atoms. The number of carbonyl (C=O) groups excluding carboxylic acids is 1. The number of nitrogens with zero attached hydrogens (tertiary/aromatic N) is 2. The van der Waals surface area contributed by atoms with Crippen molar-refractivity contribution < 1.29 is 23.1 Å². The van der Waals surface area contributed by atoms with Gasteiger partial charge in [-0.2, -0.15) is 23.3 Å². The molecule has 148 valence electrons. The lowest BCUT2D eigenvalue weighted by Crippen LogP contribution is -2.56. The van der Waals surface area contributed by atoms with Gasteiger partial charge in [-0.15, -0.1) is 0 Å². The largest absolute Gasteiger partial charge is 0.438 e. The van der Waals surface area contributed by atoms with Gasteiger partial charge in [0.1, 0.15) is 0 Å². The molecule has 2 aromatic rings. The fourth-order valence-electron chi connectivity index (χ4n) is 3.13. The number of amides is 1. The molecule has 0 unspecified atom stereocenters. The number of hydrogen-bond donors (Lipinski definition) is 1. The predicted molar refractivity (Wildman–Crippen MR) is 99.6 cm³/mol. The number of benzene rings is 2. The number of aryl methyl sites for hydroxylation is 2. The van der Waals surface area contributed by atoms with E-state index in [9.17, 15) is 23.1 Å². The number of halogens is 3. The van der Waals surface area contributed by atoms with Gasteiger partial charge in [0.2, 0.25) is 5.91 Å². The van der Waals surface area contributed by atoms with Gasteiger partial charge < -0.3 is 5.11 Å². The van der Waals surface area contributed by atoms with Crippen LogP contribution in [0.1, 0.15) is 36.0 Å². The van der Waals surface area contributed by atoms with Crippen LogP contribution >= 0.6 is 0 Å². The number of hydrogen-bond acceptors (Lipinski definition) is 3. The number of carbonyl (C=O) groups is 1. The lowest BCUT2D eigenvalue weighted by Gasteiger charge is -2.32. The van der Waals surface area contributed by atoms with Crippen molar-refractivity contribution >= 4 is 11.6 Å². The summed E-state index contributed by atoms with van der Waals surface area (Å²) in [5.74, 6) is -0.849. The summed E-state index contributed by atoms with van der Waals surface area (Å²) in [6, 6.07) is 16.1. The molecule has 0 fully saturated rings. The highest BCUT2D eigenvalue weighted by Gasteiger charge is 2.63. The van der Waals surface area contributed by atoms with E-state index in [4.69, 9.17) is 0 Å². The molecule has 0 saturated heterocycles. The maximum absolute atomic E-state index is 13.6. The average molecular weight is 390 g/mol. The quantitative estimate of drug-likeness (QED) is 0.832. The molecule has 1 heterocycles. The molecule has 1 amide bonds. The van der Waals surface area contributed by atoms with E-state index in [1.54, 1.807) is 24.3 Å².